The summed E-state index contributed by atoms with van der Waals surface area (Å²) in [5.41, 5.74) is 0. The number of carboxylic acids is 1. The second-order valence-corrected chi connectivity index (χ2v) is 6.50. The summed E-state index contributed by atoms with van der Waals surface area (Å²) in [6.07, 6.45) is 3.82. The summed E-state index contributed by atoms with van der Waals surface area (Å²) in [5, 5.41) is 11.3. The number of sulfone groups is 1. The number of amides is 2. The van der Waals surface area contributed by atoms with Crippen LogP contribution in [0, 0.1) is 0 Å². The third kappa shape index (κ3) is 7.57. The zero-order valence-electron chi connectivity index (χ0n) is 11.4. The van der Waals surface area contributed by atoms with Gasteiger partial charge in [-0.25, -0.2) is 18.0 Å². The van der Waals surface area contributed by atoms with Crippen molar-refractivity contribution in [2.24, 2.45) is 0 Å². The number of carbonyl (C=O) groups is 2. The largest absolute Gasteiger partial charge is 0.480 e. The van der Waals surface area contributed by atoms with Crippen molar-refractivity contribution in [3.63, 3.8) is 0 Å². The van der Waals surface area contributed by atoms with Crippen LogP contribution < -0.4 is 5.32 Å². The molecule has 0 spiro atoms. The quantitative estimate of drug-likeness (QED) is 0.595. The van der Waals surface area contributed by atoms with Gasteiger partial charge in [-0.05, 0) is 6.42 Å². The first kappa shape index (κ1) is 18.2. The van der Waals surface area contributed by atoms with E-state index >= 15 is 0 Å². The molecule has 0 radical (unpaired) electrons. The third-order valence-corrected chi connectivity index (χ3v) is 3.34. The van der Waals surface area contributed by atoms with E-state index in [1.807, 2.05) is 0 Å². The molecule has 2 N–H and O–H groups in total. The summed E-state index contributed by atoms with van der Waals surface area (Å²) in [5.74, 6) is -1.59. The van der Waals surface area contributed by atoms with Crippen molar-refractivity contribution in [3.8, 4) is 0 Å². The van der Waals surface area contributed by atoms with Crippen LogP contribution in [0.1, 0.15) is 6.42 Å². The van der Waals surface area contributed by atoms with Crippen LogP contribution in [-0.2, 0) is 14.6 Å². The van der Waals surface area contributed by atoms with Gasteiger partial charge in [0.15, 0.2) is 0 Å². The van der Waals surface area contributed by atoms with Crippen LogP contribution >= 0.6 is 0 Å². The lowest BCUT2D eigenvalue weighted by molar-refractivity contribution is -0.139. The van der Waals surface area contributed by atoms with Crippen LogP contribution in [0.2, 0.25) is 0 Å². The molecule has 0 saturated carbocycles. The molecule has 0 aliphatic rings. The SMILES string of the molecule is C=CCN(CC=C)C(=O)NC(CCS(C)(=O)=O)C(=O)O. The molecule has 8 heteroatoms. The van der Waals surface area contributed by atoms with E-state index in [9.17, 15) is 18.0 Å². The molecule has 0 aliphatic carbocycles. The van der Waals surface area contributed by atoms with Gasteiger partial charge in [0.05, 0.1) is 5.75 Å². The summed E-state index contributed by atoms with van der Waals surface area (Å²) >= 11 is 0. The van der Waals surface area contributed by atoms with Crippen molar-refractivity contribution in [2.45, 2.75) is 12.5 Å². The maximum Gasteiger partial charge on any atom is 0.326 e. The summed E-state index contributed by atoms with van der Waals surface area (Å²) in [6, 6.07) is -1.86. The van der Waals surface area contributed by atoms with Crippen molar-refractivity contribution in [1.29, 1.82) is 0 Å². The second-order valence-electron chi connectivity index (χ2n) is 4.24. The smallest absolute Gasteiger partial charge is 0.326 e. The molecular formula is C12H20N2O5S. The van der Waals surface area contributed by atoms with E-state index in [1.165, 1.54) is 17.1 Å². The highest BCUT2D eigenvalue weighted by Crippen LogP contribution is 2.00. The maximum atomic E-state index is 11.9. The lowest BCUT2D eigenvalue weighted by atomic mass is 10.2. The van der Waals surface area contributed by atoms with E-state index in [1.54, 1.807) is 0 Å². The van der Waals surface area contributed by atoms with Crippen molar-refractivity contribution in [3.05, 3.63) is 25.3 Å². The number of urea groups is 1. The summed E-state index contributed by atoms with van der Waals surface area (Å²) in [6.45, 7) is 7.46. The Morgan fingerprint density at radius 1 is 1.30 bits per heavy atom. The summed E-state index contributed by atoms with van der Waals surface area (Å²) < 4.78 is 22.1. The highest BCUT2D eigenvalue weighted by Gasteiger charge is 2.23. The van der Waals surface area contributed by atoms with Crippen LogP contribution in [0.15, 0.2) is 25.3 Å². The molecule has 0 rings (SSSR count). The average molecular weight is 304 g/mol. The van der Waals surface area contributed by atoms with E-state index in [0.29, 0.717) is 0 Å². The average Bonchev–Trinajstić information content (AvgIpc) is 2.32. The number of hydrogen-bond acceptors (Lipinski definition) is 4. The van der Waals surface area contributed by atoms with Gasteiger partial charge in [0.2, 0.25) is 0 Å². The van der Waals surface area contributed by atoms with E-state index in [4.69, 9.17) is 5.11 Å². The molecule has 0 saturated heterocycles. The number of carboxylic acid groups (broad SMARTS) is 1. The predicted molar refractivity (Wildman–Crippen MR) is 76.3 cm³/mol. The first-order valence-corrected chi connectivity index (χ1v) is 7.95. The van der Waals surface area contributed by atoms with Gasteiger partial charge in [-0.3, -0.25) is 0 Å². The molecule has 0 heterocycles. The molecule has 0 aliphatic heterocycles. The molecule has 0 bridgehead atoms. The van der Waals surface area contributed by atoms with E-state index < -0.39 is 27.9 Å². The van der Waals surface area contributed by atoms with Crippen LogP contribution in [0.5, 0.6) is 0 Å². The lowest BCUT2D eigenvalue weighted by Gasteiger charge is -2.22. The lowest BCUT2D eigenvalue weighted by Crippen LogP contribution is -2.48. The minimum Gasteiger partial charge on any atom is -0.480 e. The van der Waals surface area contributed by atoms with Gasteiger partial charge in [0, 0.05) is 19.3 Å². The molecule has 7 nitrogen and oxygen atoms in total. The molecule has 0 fully saturated rings. The van der Waals surface area contributed by atoms with Crippen LogP contribution in [0.3, 0.4) is 0 Å². The molecule has 0 aromatic carbocycles. The van der Waals surface area contributed by atoms with Crippen molar-refractivity contribution < 1.29 is 23.1 Å². The maximum absolute atomic E-state index is 11.9. The summed E-state index contributed by atoms with van der Waals surface area (Å²) in [7, 11) is -3.29. The molecule has 0 aromatic rings. The number of nitrogens with zero attached hydrogens (tertiary/aromatic N) is 1. The molecule has 1 atom stereocenters. The molecule has 114 valence electrons. The standard InChI is InChI=1S/C12H20N2O5S/c1-4-7-14(8-5-2)12(17)13-10(11(15)16)6-9-20(3,18)19/h4-5,10H,1-2,6-9H2,3H3,(H,13,17)(H,15,16). The first-order valence-electron chi connectivity index (χ1n) is 5.89. The van der Waals surface area contributed by atoms with Gasteiger partial charge >= 0.3 is 12.0 Å². The van der Waals surface area contributed by atoms with E-state index in [-0.39, 0.29) is 25.3 Å². The highest BCUT2D eigenvalue weighted by molar-refractivity contribution is 7.90. The van der Waals surface area contributed by atoms with Gasteiger partial charge in [0.1, 0.15) is 15.9 Å². The number of aliphatic carboxylic acids is 1. The number of carbonyl (C=O) groups excluding carboxylic acids is 1. The molecule has 0 aromatic heterocycles. The Hall–Kier alpha value is -1.83. The summed E-state index contributed by atoms with van der Waals surface area (Å²) in [4.78, 5) is 24.2. The Morgan fingerprint density at radius 2 is 1.80 bits per heavy atom. The van der Waals surface area contributed by atoms with E-state index in [2.05, 4.69) is 18.5 Å². The Balaban J connectivity index is 4.71. The Bertz CT molecular complexity index is 462. The van der Waals surface area contributed by atoms with Crippen LogP contribution in [0.4, 0.5) is 4.79 Å². The van der Waals surface area contributed by atoms with Crippen LogP contribution in [0.25, 0.3) is 0 Å². The fraction of sp³-hybridized carbons (Fsp3) is 0.500. The molecule has 1 unspecified atom stereocenters. The van der Waals surface area contributed by atoms with Crippen molar-refractivity contribution in [1.82, 2.24) is 10.2 Å². The number of nitrogens with one attached hydrogen (secondary N) is 1. The Morgan fingerprint density at radius 3 is 2.15 bits per heavy atom. The van der Waals surface area contributed by atoms with E-state index in [0.717, 1.165) is 6.26 Å². The zero-order chi connectivity index (χ0) is 15.8. The van der Waals surface area contributed by atoms with Crippen LogP contribution in [-0.4, -0.2) is 61.6 Å². The monoisotopic (exact) mass is 304 g/mol. The highest BCUT2D eigenvalue weighted by atomic mass is 32.2. The minimum absolute atomic E-state index is 0.185. The number of rotatable bonds is 9. The topological polar surface area (TPSA) is 104 Å². The van der Waals surface area contributed by atoms with Gasteiger partial charge in [-0.15, -0.1) is 13.2 Å². The zero-order valence-corrected chi connectivity index (χ0v) is 12.2. The third-order valence-electron chi connectivity index (χ3n) is 2.36. The van der Waals surface area contributed by atoms with Gasteiger partial charge in [-0.1, -0.05) is 12.2 Å². The van der Waals surface area contributed by atoms with Crippen molar-refractivity contribution in [2.75, 3.05) is 25.1 Å². The normalized spacial score (nSPS) is 12.2. The van der Waals surface area contributed by atoms with Crippen molar-refractivity contribution >= 4 is 21.8 Å². The predicted octanol–water partition coefficient (Wildman–Crippen LogP) is 0.258. The molecule has 20 heavy (non-hydrogen) atoms. The Kier molecular flexibility index (Phi) is 7.60. The van der Waals surface area contributed by atoms with Gasteiger partial charge in [0.25, 0.3) is 0 Å². The van der Waals surface area contributed by atoms with Gasteiger partial charge < -0.3 is 15.3 Å². The second kappa shape index (κ2) is 8.36. The fourth-order valence-electron chi connectivity index (χ4n) is 1.38. The number of hydrogen-bond donors (Lipinski definition) is 2. The van der Waals surface area contributed by atoms with Gasteiger partial charge in [-0.2, -0.15) is 0 Å². The first-order chi connectivity index (χ1) is 9.21. The Labute approximate surface area is 118 Å². The fourth-order valence-corrected chi connectivity index (χ4v) is 2.05. The minimum atomic E-state index is -3.29. The molecular weight excluding hydrogens is 284 g/mol. The molecule has 2 amide bonds.